The van der Waals surface area contributed by atoms with Crippen LogP contribution in [0.1, 0.15) is 0 Å². The number of nitrogens with one attached hydrogen (secondary N) is 1. The van der Waals surface area contributed by atoms with Gasteiger partial charge in [0.2, 0.25) is 0 Å². The first-order chi connectivity index (χ1) is 15.4. The summed E-state index contributed by atoms with van der Waals surface area (Å²) in [6.07, 6.45) is 0. The lowest BCUT2D eigenvalue weighted by atomic mass is 10.1. The smallest absolute Gasteiger partial charge is 0.264 e. The molecule has 0 aliphatic rings. The maximum atomic E-state index is 14.2. The average molecular weight is 483 g/mol. The molecular formula is C23H15FN2O3S3. The molecule has 5 nitrogen and oxygen atoms in total. The monoisotopic (exact) mass is 482 g/mol. The number of rotatable bonds is 5. The van der Waals surface area contributed by atoms with Crippen LogP contribution in [-0.4, -0.2) is 18.5 Å². The van der Waals surface area contributed by atoms with E-state index in [1.165, 1.54) is 41.3 Å². The molecule has 0 spiro atoms. The van der Waals surface area contributed by atoms with Gasteiger partial charge in [0.25, 0.3) is 10.0 Å². The molecule has 0 unspecified atom stereocenters. The fraction of sp³-hybridized carbons (Fsp3) is 0. The van der Waals surface area contributed by atoms with Crippen molar-refractivity contribution in [2.24, 2.45) is 0 Å². The Hall–Kier alpha value is -3.14. The Morgan fingerprint density at radius 1 is 0.938 bits per heavy atom. The summed E-state index contributed by atoms with van der Waals surface area (Å²) in [6.45, 7) is 0. The molecule has 32 heavy (non-hydrogen) atoms. The predicted octanol–water partition coefficient (Wildman–Crippen LogP) is 6.25. The number of benzene rings is 4. The first-order valence-corrected chi connectivity index (χ1v) is 12.6. The second kappa shape index (κ2) is 8.09. The molecule has 0 bridgehead atoms. The van der Waals surface area contributed by atoms with Crippen molar-refractivity contribution >= 4 is 59.8 Å². The van der Waals surface area contributed by atoms with Gasteiger partial charge in [-0.15, -0.1) is 11.3 Å². The molecule has 9 heteroatoms. The number of aromatic nitrogens is 1. The van der Waals surface area contributed by atoms with Crippen LogP contribution in [0.2, 0.25) is 0 Å². The SMILES string of the molecule is O=S(=O)(Nc1cc(Sc2nc3ccccc3s2)c(O)c2ccccc12)c1ccccc1F. The highest BCUT2D eigenvalue weighted by Crippen LogP contribution is 2.44. The Morgan fingerprint density at radius 3 is 2.41 bits per heavy atom. The van der Waals surface area contributed by atoms with Crippen molar-refractivity contribution in [3.63, 3.8) is 0 Å². The highest BCUT2D eigenvalue weighted by molar-refractivity contribution is 8.01. The van der Waals surface area contributed by atoms with E-state index < -0.39 is 20.7 Å². The van der Waals surface area contributed by atoms with Gasteiger partial charge in [0.15, 0.2) is 4.34 Å². The van der Waals surface area contributed by atoms with E-state index in [9.17, 15) is 17.9 Å². The van der Waals surface area contributed by atoms with Gasteiger partial charge in [0.1, 0.15) is 16.5 Å². The van der Waals surface area contributed by atoms with Crippen molar-refractivity contribution in [1.29, 1.82) is 0 Å². The molecule has 2 N–H and O–H groups in total. The standard InChI is InChI=1S/C23H15FN2O3S3/c24-16-9-3-6-12-21(16)32(28,29)26-18-13-20(22(27)15-8-2-1-7-14(15)18)31-23-25-17-10-4-5-11-19(17)30-23/h1-13,26-27H. The number of phenolic OH excluding ortho intramolecular Hbond substituents is 1. The van der Waals surface area contributed by atoms with Crippen LogP contribution in [-0.2, 0) is 10.0 Å². The summed E-state index contributed by atoms with van der Waals surface area (Å²) in [4.78, 5) is 4.57. The van der Waals surface area contributed by atoms with Crippen LogP contribution in [0.15, 0.2) is 93.0 Å². The fourth-order valence-electron chi connectivity index (χ4n) is 3.35. The zero-order chi connectivity index (χ0) is 22.3. The summed E-state index contributed by atoms with van der Waals surface area (Å²) in [6, 6.07) is 21.3. The summed E-state index contributed by atoms with van der Waals surface area (Å²) in [5.41, 5.74) is 1.09. The topological polar surface area (TPSA) is 79.3 Å². The molecule has 160 valence electrons. The van der Waals surface area contributed by atoms with Gasteiger partial charge in [-0.3, -0.25) is 4.72 Å². The largest absolute Gasteiger partial charge is 0.506 e. The van der Waals surface area contributed by atoms with E-state index in [-0.39, 0.29) is 11.4 Å². The first kappa shape index (κ1) is 20.7. The number of anilines is 1. The summed E-state index contributed by atoms with van der Waals surface area (Å²) in [7, 11) is -4.19. The van der Waals surface area contributed by atoms with Crippen LogP contribution in [0.25, 0.3) is 21.0 Å². The third-order valence-electron chi connectivity index (χ3n) is 4.82. The molecule has 0 radical (unpaired) electrons. The Kier molecular flexibility index (Phi) is 5.24. The number of thiazole rings is 1. The normalized spacial score (nSPS) is 11.8. The second-order valence-corrected chi connectivity index (χ2v) is 10.9. The minimum atomic E-state index is -4.19. The van der Waals surface area contributed by atoms with Gasteiger partial charge in [-0.2, -0.15) is 0 Å². The van der Waals surface area contributed by atoms with E-state index >= 15 is 0 Å². The summed E-state index contributed by atoms with van der Waals surface area (Å²) < 4.78 is 44.2. The maximum Gasteiger partial charge on any atom is 0.264 e. The number of fused-ring (bicyclic) bond motifs is 2. The molecule has 0 atom stereocenters. The lowest BCUT2D eigenvalue weighted by molar-refractivity contribution is 0.469. The molecule has 4 aromatic carbocycles. The zero-order valence-electron chi connectivity index (χ0n) is 16.3. The molecule has 0 fully saturated rings. The quantitative estimate of drug-likeness (QED) is 0.290. The van der Waals surface area contributed by atoms with Gasteiger partial charge in [-0.05, 0) is 30.3 Å². The van der Waals surface area contributed by atoms with Crippen molar-refractivity contribution in [2.45, 2.75) is 14.1 Å². The van der Waals surface area contributed by atoms with E-state index in [2.05, 4.69) is 9.71 Å². The predicted molar refractivity (Wildman–Crippen MR) is 127 cm³/mol. The van der Waals surface area contributed by atoms with Crippen molar-refractivity contribution in [3.8, 4) is 5.75 Å². The zero-order valence-corrected chi connectivity index (χ0v) is 18.8. The Labute approximate surface area is 191 Å². The molecule has 1 aromatic heterocycles. The number of sulfonamides is 1. The molecule has 0 saturated heterocycles. The van der Waals surface area contributed by atoms with Gasteiger partial charge >= 0.3 is 0 Å². The minimum Gasteiger partial charge on any atom is -0.506 e. The van der Waals surface area contributed by atoms with Crippen molar-refractivity contribution in [3.05, 3.63) is 84.7 Å². The van der Waals surface area contributed by atoms with Crippen molar-refractivity contribution in [1.82, 2.24) is 4.98 Å². The Balaban J connectivity index is 1.61. The second-order valence-electron chi connectivity index (χ2n) is 6.90. The fourth-order valence-corrected chi connectivity index (χ4v) is 6.62. The van der Waals surface area contributed by atoms with Crippen molar-refractivity contribution in [2.75, 3.05) is 4.72 Å². The van der Waals surface area contributed by atoms with Gasteiger partial charge < -0.3 is 5.11 Å². The van der Waals surface area contributed by atoms with Gasteiger partial charge in [-0.1, -0.05) is 60.3 Å². The highest BCUT2D eigenvalue weighted by Gasteiger charge is 2.22. The molecular weight excluding hydrogens is 467 g/mol. The number of hydrogen-bond acceptors (Lipinski definition) is 6. The first-order valence-electron chi connectivity index (χ1n) is 9.48. The van der Waals surface area contributed by atoms with Gasteiger partial charge in [0.05, 0.1) is 20.8 Å². The third-order valence-corrected chi connectivity index (χ3v) is 8.35. The molecule has 5 rings (SSSR count). The molecule has 0 aliphatic carbocycles. The van der Waals surface area contributed by atoms with E-state index in [0.29, 0.717) is 20.0 Å². The Morgan fingerprint density at radius 2 is 1.62 bits per heavy atom. The van der Waals surface area contributed by atoms with Gasteiger partial charge in [-0.25, -0.2) is 17.8 Å². The summed E-state index contributed by atoms with van der Waals surface area (Å²) in [5, 5.41) is 11.9. The lowest BCUT2D eigenvalue weighted by Crippen LogP contribution is -2.14. The van der Waals surface area contributed by atoms with Crippen LogP contribution in [0.4, 0.5) is 10.1 Å². The summed E-state index contributed by atoms with van der Waals surface area (Å²) >= 11 is 2.72. The highest BCUT2D eigenvalue weighted by atomic mass is 32.2. The summed E-state index contributed by atoms with van der Waals surface area (Å²) in [5.74, 6) is -0.814. The molecule has 0 aliphatic heterocycles. The van der Waals surface area contributed by atoms with Crippen LogP contribution in [0.3, 0.4) is 0 Å². The number of para-hydroxylation sites is 1. The number of nitrogens with zero attached hydrogens (tertiary/aromatic N) is 1. The molecule has 5 aromatic rings. The third kappa shape index (κ3) is 3.79. The average Bonchev–Trinajstić information content (AvgIpc) is 3.19. The molecule has 0 saturated carbocycles. The van der Waals surface area contributed by atoms with E-state index in [4.69, 9.17) is 0 Å². The Bertz CT molecular complexity index is 1550. The van der Waals surface area contributed by atoms with Gasteiger partial charge in [0, 0.05) is 10.8 Å². The van der Waals surface area contributed by atoms with E-state index in [1.807, 2.05) is 24.3 Å². The lowest BCUT2D eigenvalue weighted by Gasteiger charge is -2.14. The number of hydrogen-bond donors (Lipinski definition) is 2. The van der Waals surface area contributed by atoms with E-state index in [1.54, 1.807) is 30.3 Å². The minimum absolute atomic E-state index is 0.0266. The van der Waals surface area contributed by atoms with Crippen molar-refractivity contribution < 1.29 is 17.9 Å². The number of aromatic hydroxyl groups is 1. The number of halogens is 1. The van der Waals surface area contributed by atoms with Crippen LogP contribution >= 0.6 is 23.1 Å². The van der Waals surface area contributed by atoms with Crippen LogP contribution in [0, 0.1) is 5.82 Å². The van der Waals surface area contributed by atoms with Crippen LogP contribution < -0.4 is 4.72 Å². The number of phenols is 1. The molecule has 0 amide bonds. The van der Waals surface area contributed by atoms with E-state index in [0.717, 1.165) is 16.3 Å². The molecule has 1 heterocycles. The van der Waals surface area contributed by atoms with Crippen LogP contribution in [0.5, 0.6) is 5.75 Å². The maximum absolute atomic E-state index is 14.2.